The van der Waals surface area contributed by atoms with Crippen LogP contribution in [0.5, 0.6) is 0 Å². The summed E-state index contributed by atoms with van der Waals surface area (Å²) in [6, 6.07) is 6.49. The summed E-state index contributed by atoms with van der Waals surface area (Å²) in [5.74, 6) is -0.582. The van der Waals surface area contributed by atoms with Crippen molar-refractivity contribution in [1.82, 2.24) is 15.5 Å². The Morgan fingerprint density at radius 3 is 2.23 bits per heavy atom. The molecule has 0 aliphatic heterocycles. The van der Waals surface area contributed by atoms with Crippen LogP contribution in [-0.4, -0.2) is 47.0 Å². The molecule has 7 nitrogen and oxygen atoms in total. The monoisotopic (exact) mass is 433 g/mol. The molecule has 31 heavy (non-hydrogen) atoms. The van der Waals surface area contributed by atoms with Crippen molar-refractivity contribution in [2.24, 2.45) is 0 Å². The van der Waals surface area contributed by atoms with Crippen molar-refractivity contribution in [3.8, 4) is 0 Å². The number of amides is 3. The van der Waals surface area contributed by atoms with Gasteiger partial charge in [0.2, 0.25) is 11.8 Å². The number of rotatable bonds is 9. The summed E-state index contributed by atoms with van der Waals surface area (Å²) in [4.78, 5) is 40.1. The first-order chi connectivity index (χ1) is 14.4. The Bertz CT molecular complexity index is 755. The van der Waals surface area contributed by atoms with E-state index in [-0.39, 0.29) is 30.4 Å². The Balaban J connectivity index is 3.18. The van der Waals surface area contributed by atoms with Gasteiger partial charge in [-0.05, 0) is 66.0 Å². The Hall–Kier alpha value is -2.57. The standard InChI is InChI=1S/C24H39N3O4/c1-9-12-18(5)26-22(29)21(19-14-11-10-13-17(19)4)27(16(2)3)20(28)15-25-23(30)31-24(6,7)8/h10-11,13-14,16,18,21H,9,12,15H2,1-8H3,(H,25,30)(H,26,29). The summed E-state index contributed by atoms with van der Waals surface area (Å²) in [6.07, 6.45) is 1.13. The molecule has 2 unspecified atom stereocenters. The molecule has 1 rings (SSSR count). The SMILES string of the molecule is CCCC(C)NC(=O)C(c1ccccc1C)N(C(=O)CNC(=O)OC(C)(C)C)C(C)C. The number of hydrogen-bond donors (Lipinski definition) is 2. The number of hydrogen-bond acceptors (Lipinski definition) is 4. The molecule has 0 radical (unpaired) electrons. The molecule has 0 fully saturated rings. The smallest absolute Gasteiger partial charge is 0.408 e. The molecule has 0 aromatic heterocycles. The van der Waals surface area contributed by atoms with Gasteiger partial charge >= 0.3 is 6.09 Å². The number of alkyl carbamates (subject to hydrolysis) is 1. The highest BCUT2D eigenvalue weighted by Gasteiger charge is 2.34. The van der Waals surface area contributed by atoms with Crippen molar-refractivity contribution in [3.63, 3.8) is 0 Å². The van der Waals surface area contributed by atoms with Crippen LogP contribution in [0, 0.1) is 6.92 Å². The molecule has 0 heterocycles. The average Bonchev–Trinajstić information content (AvgIpc) is 2.63. The van der Waals surface area contributed by atoms with Gasteiger partial charge in [-0.3, -0.25) is 9.59 Å². The number of carbonyl (C=O) groups is 3. The lowest BCUT2D eigenvalue weighted by atomic mass is 9.97. The van der Waals surface area contributed by atoms with E-state index in [1.54, 1.807) is 20.8 Å². The first kappa shape index (κ1) is 26.5. The fraction of sp³-hybridized carbons (Fsp3) is 0.625. The second-order valence-corrected chi connectivity index (χ2v) is 9.21. The lowest BCUT2D eigenvalue weighted by molar-refractivity contribution is -0.142. The summed E-state index contributed by atoms with van der Waals surface area (Å²) >= 11 is 0. The number of nitrogens with zero attached hydrogens (tertiary/aromatic N) is 1. The molecule has 174 valence electrons. The largest absolute Gasteiger partial charge is 0.444 e. The molecule has 0 spiro atoms. The number of nitrogens with one attached hydrogen (secondary N) is 2. The molecule has 0 aliphatic carbocycles. The minimum Gasteiger partial charge on any atom is -0.444 e. The maximum Gasteiger partial charge on any atom is 0.408 e. The average molecular weight is 434 g/mol. The minimum absolute atomic E-state index is 0.00646. The van der Waals surface area contributed by atoms with Crippen LogP contribution in [0.25, 0.3) is 0 Å². The van der Waals surface area contributed by atoms with Crippen molar-refractivity contribution in [3.05, 3.63) is 35.4 Å². The Labute approximate surface area is 186 Å². The highest BCUT2D eigenvalue weighted by atomic mass is 16.6. The molecular weight excluding hydrogens is 394 g/mol. The zero-order valence-corrected chi connectivity index (χ0v) is 20.2. The first-order valence-electron chi connectivity index (χ1n) is 11.0. The fourth-order valence-corrected chi connectivity index (χ4v) is 3.42. The third-order valence-electron chi connectivity index (χ3n) is 4.75. The van der Waals surface area contributed by atoms with Crippen LogP contribution >= 0.6 is 0 Å². The molecular formula is C24H39N3O4. The van der Waals surface area contributed by atoms with Crippen molar-refractivity contribution < 1.29 is 19.1 Å². The van der Waals surface area contributed by atoms with E-state index in [0.29, 0.717) is 0 Å². The van der Waals surface area contributed by atoms with E-state index < -0.39 is 17.7 Å². The number of carbonyl (C=O) groups excluding carboxylic acids is 3. The summed E-state index contributed by atoms with van der Waals surface area (Å²) < 4.78 is 5.22. The maximum absolute atomic E-state index is 13.3. The molecule has 3 amide bonds. The van der Waals surface area contributed by atoms with E-state index in [1.165, 1.54) is 4.90 Å². The number of ether oxygens (including phenoxy) is 1. The first-order valence-corrected chi connectivity index (χ1v) is 11.0. The fourth-order valence-electron chi connectivity index (χ4n) is 3.42. The van der Waals surface area contributed by atoms with Gasteiger partial charge in [0.05, 0.1) is 0 Å². The Morgan fingerprint density at radius 1 is 1.10 bits per heavy atom. The van der Waals surface area contributed by atoms with E-state index in [9.17, 15) is 14.4 Å². The molecule has 1 aromatic rings. The predicted octanol–water partition coefficient (Wildman–Crippen LogP) is 4.10. The molecule has 7 heteroatoms. The van der Waals surface area contributed by atoms with Crippen molar-refractivity contribution in [2.75, 3.05) is 6.54 Å². The van der Waals surface area contributed by atoms with Crippen LogP contribution in [0.4, 0.5) is 4.79 Å². The maximum atomic E-state index is 13.3. The zero-order chi connectivity index (χ0) is 23.8. The third kappa shape index (κ3) is 8.59. The molecule has 0 saturated carbocycles. The van der Waals surface area contributed by atoms with Crippen LogP contribution < -0.4 is 10.6 Å². The topological polar surface area (TPSA) is 87.7 Å². The summed E-state index contributed by atoms with van der Waals surface area (Å²) in [5.41, 5.74) is 1.02. The molecule has 0 saturated heterocycles. The van der Waals surface area contributed by atoms with E-state index in [2.05, 4.69) is 17.6 Å². The molecule has 0 aliphatic rings. The summed E-state index contributed by atoms with van der Waals surface area (Å²) in [5, 5.41) is 5.56. The Kier molecular flexibility index (Phi) is 10.0. The number of benzene rings is 1. The summed E-state index contributed by atoms with van der Waals surface area (Å²) in [6.45, 7) is 14.7. The van der Waals surface area contributed by atoms with Gasteiger partial charge in [-0.2, -0.15) is 0 Å². The van der Waals surface area contributed by atoms with E-state index in [4.69, 9.17) is 4.74 Å². The quantitative estimate of drug-likeness (QED) is 0.614. The van der Waals surface area contributed by atoms with Gasteiger partial charge in [0.15, 0.2) is 0 Å². The van der Waals surface area contributed by atoms with Gasteiger partial charge in [-0.25, -0.2) is 4.79 Å². The second-order valence-electron chi connectivity index (χ2n) is 9.21. The Morgan fingerprint density at radius 2 is 1.71 bits per heavy atom. The second kappa shape index (κ2) is 11.7. The minimum atomic E-state index is -0.798. The molecule has 2 N–H and O–H groups in total. The lowest BCUT2D eigenvalue weighted by Gasteiger charge is -2.36. The highest BCUT2D eigenvalue weighted by Crippen LogP contribution is 2.27. The van der Waals surface area contributed by atoms with Crippen LogP contribution in [0.2, 0.25) is 0 Å². The van der Waals surface area contributed by atoms with Crippen molar-refractivity contribution >= 4 is 17.9 Å². The highest BCUT2D eigenvalue weighted by molar-refractivity contribution is 5.91. The molecule has 2 atom stereocenters. The zero-order valence-electron chi connectivity index (χ0n) is 20.2. The van der Waals surface area contributed by atoms with Gasteiger partial charge < -0.3 is 20.3 Å². The van der Waals surface area contributed by atoms with E-state index in [1.807, 2.05) is 52.0 Å². The van der Waals surface area contributed by atoms with Gasteiger partial charge in [0.1, 0.15) is 18.2 Å². The normalized spacial score (nSPS) is 13.3. The van der Waals surface area contributed by atoms with Crippen LogP contribution in [-0.2, 0) is 14.3 Å². The van der Waals surface area contributed by atoms with Crippen LogP contribution in [0.1, 0.15) is 78.5 Å². The van der Waals surface area contributed by atoms with Crippen molar-refractivity contribution in [2.45, 2.75) is 92.0 Å². The van der Waals surface area contributed by atoms with Crippen LogP contribution in [0.3, 0.4) is 0 Å². The van der Waals surface area contributed by atoms with Gasteiger partial charge in [-0.15, -0.1) is 0 Å². The lowest BCUT2D eigenvalue weighted by Crippen LogP contribution is -2.51. The van der Waals surface area contributed by atoms with E-state index in [0.717, 1.165) is 24.0 Å². The number of aryl methyl sites for hydroxylation is 1. The summed E-state index contributed by atoms with van der Waals surface area (Å²) in [7, 11) is 0. The van der Waals surface area contributed by atoms with Gasteiger partial charge in [0.25, 0.3) is 0 Å². The van der Waals surface area contributed by atoms with Crippen molar-refractivity contribution in [1.29, 1.82) is 0 Å². The third-order valence-corrected chi connectivity index (χ3v) is 4.75. The van der Waals surface area contributed by atoms with Gasteiger partial charge in [0, 0.05) is 12.1 Å². The van der Waals surface area contributed by atoms with E-state index >= 15 is 0 Å². The predicted molar refractivity (Wildman–Crippen MR) is 123 cm³/mol. The molecule has 0 bridgehead atoms. The van der Waals surface area contributed by atoms with Crippen LogP contribution in [0.15, 0.2) is 24.3 Å². The van der Waals surface area contributed by atoms with Gasteiger partial charge in [-0.1, -0.05) is 37.6 Å². The molecule has 1 aromatic carbocycles.